The van der Waals surface area contributed by atoms with Crippen molar-refractivity contribution in [3.8, 4) is 11.5 Å². The van der Waals surface area contributed by atoms with Gasteiger partial charge in [0.1, 0.15) is 18.2 Å². The van der Waals surface area contributed by atoms with Gasteiger partial charge in [-0.3, -0.25) is 14.5 Å². The van der Waals surface area contributed by atoms with E-state index in [0.717, 1.165) is 16.7 Å². The molecule has 0 unspecified atom stereocenters. The van der Waals surface area contributed by atoms with E-state index >= 15 is 0 Å². The van der Waals surface area contributed by atoms with Crippen LogP contribution in [0.2, 0.25) is 0 Å². The highest BCUT2D eigenvalue weighted by Crippen LogP contribution is 2.35. The number of carboxylic acid groups (broad SMARTS) is 1. The van der Waals surface area contributed by atoms with Crippen molar-refractivity contribution in [2.45, 2.75) is 13.2 Å². The van der Waals surface area contributed by atoms with Crippen molar-refractivity contribution in [3.63, 3.8) is 0 Å². The first-order valence-corrected chi connectivity index (χ1v) is 10.8. The van der Waals surface area contributed by atoms with Crippen molar-refractivity contribution in [3.05, 3.63) is 88.0 Å². The summed E-state index contributed by atoms with van der Waals surface area (Å²) in [6, 6.07) is 13.7. The van der Waals surface area contributed by atoms with Crippen LogP contribution < -0.4 is 9.47 Å². The van der Waals surface area contributed by atoms with Crippen LogP contribution in [0.3, 0.4) is 0 Å². The Labute approximate surface area is 197 Å². The van der Waals surface area contributed by atoms with Crippen molar-refractivity contribution >= 4 is 35.0 Å². The molecule has 0 saturated carbocycles. The van der Waals surface area contributed by atoms with Gasteiger partial charge in [0.2, 0.25) is 5.76 Å². The molecule has 1 aromatic heterocycles. The van der Waals surface area contributed by atoms with E-state index in [-0.39, 0.29) is 29.4 Å². The second-order valence-electron chi connectivity index (χ2n) is 7.13. The zero-order valence-corrected chi connectivity index (χ0v) is 18.6. The third-order valence-corrected chi connectivity index (χ3v) is 5.80. The number of imide groups is 1. The third kappa shape index (κ3) is 4.96. The van der Waals surface area contributed by atoms with E-state index < -0.39 is 22.9 Å². The molecule has 1 N–H and O–H groups in total. The van der Waals surface area contributed by atoms with E-state index in [1.165, 1.54) is 37.4 Å². The van der Waals surface area contributed by atoms with Crippen LogP contribution >= 0.6 is 11.8 Å². The number of carboxylic acids is 1. The van der Waals surface area contributed by atoms with Gasteiger partial charge in [-0.05, 0) is 53.7 Å². The number of hydrogen-bond donors (Lipinski definition) is 1. The molecule has 2 heterocycles. The molecule has 0 aliphatic carbocycles. The van der Waals surface area contributed by atoms with Gasteiger partial charge in [0.05, 0.1) is 18.6 Å². The molecule has 3 aromatic rings. The summed E-state index contributed by atoms with van der Waals surface area (Å²) in [5.74, 6) is -1.29. The maximum Gasteiger partial charge on any atom is 0.371 e. The minimum absolute atomic E-state index is 0.0160. The third-order valence-electron chi connectivity index (χ3n) is 4.89. The maximum atomic E-state index is 13.9. The molecule has 0 bridgehead atoms. The zero-order valence-electron chi connectivity index (χ0n) is 17.8. The molecule has 2 amide bonds. The minimum Gasteiger partial charge on any atom is -0.493 e. The van der Waals surface area contributed by atoms with Crippen LogP contribution in [0.1, 0.15) is 27.4 Å². The summed E-state index contributed by atoms with van der Waals surface area (Å²) in [4.78, 5) is 37.2. The second kappa shape index (κ2) is 9.84. The topological polar surface area (TPSA) is 106 Å². The van der Waals surface area contributed by atoms with Gasteiger partial charge in [-0.25, -0.2) is 9.18 Å². The number of hydrogen-bond acceptors (Lipinski definition) is 7. The molecule has 34 heavy (non-hydrogen) atoms. The number of carbonyl (C=O) groups is 3. The summed E-state index contributed by atoms with van der Waals surface area (Å²) >= 11 is 0.775. The normalized spacial score (nSPS) is 14.6. The Balaban J connectivity index is 1.48. The average molecular weight is 483 g/mol. The van der Waals surface area contributed by atoms with Crippen LogP contribution in [0.4, 0.5) is 9.18 Å². The van der Waals surface area contributed by atoms with Gasteiger partial charge >= 0.3 is 5.97 Å². The molecular weight excluding hydrogens is 465 g/mol. The van der Waals surface area contributed by atoms with Gasteiger partial charge in [0.15, 0.2) is 11.5 Å². The fourth-order valence-corrected chi connectivity index (χ4v) is 4.04. The quantitative estimate of drug-likeness (QED) is 0.449. The number of furan rings is 1. The molecule has 8 nitrogen and oxygen atoms in total. The van der Waals surface area contributed by atoms with E-state index in [1.54, 1.807) is 30.3 Å². The molecule has 0 atom stereocenters. The number of nitrogens with zero attached hydrogens (tertiary/aromatic N) is 1. The fourth-order valence-electron chi connectivity index (χ4n) is 3.20. The number of aromatic carboxylic acids is 1. The van der Waals surface area contributed by atoms with Crippen LogP contribution in [0.5, 0.6) is 11.5 Å². The Kier molecular flexibility index (Phi) is 6.69. The Morgan fingerprint density at radius 1 is 1.15 bits per heavy atom. The first-order valence-electron chi connectivity index (χ1n) is 9.97. The van der Waals surface area contributed by atoms with Crippen LogP contribution in [0, 0.1) is 5.82 Å². The number of amides is 2. The number of halogens is 1. The van der Waals surface area contributed by atoms with Crippen molar-refractivity contribution in [2.24, 2.45) is 0 Å². The summed E-state index contributed by atoms with van der Waals surface area (Å²) in [5, 5.41) is 8.44. The van der Waals surface area contributed by atoms with E-state index in [1.807, 2.05) is 0 Å². The highest BCUT2D eigenvalue weighted by atomic mass is 32.2. The monoisotopic (exact) mass is 483 g/mol. The lowest BCUT2D eigenvalue weighted by atomic mass is 10.1. The number of thioether (sulfide) groups is 1. The second-order valence-corrected chi connectivity index (χ2v) is 8.12. The first kappa shape index (κ1) is 23.1. The lowest BCUT2D eigenvalue weighted by molar-refractivity contribution is -0.123. The molecule has 0 radical (unpaired) electrons. The Morgan fingerprint density at radius 3 is 2.65 bits per heavy atom. The van der Waals surface area contributed by atoms with Crippen LogP contribution in [0.25, 0.3) is 6.08 Å². The van der Waals surface area contributed by atoms with E-state index in [4.69, 9.17) is 19.0 Å². The van der Waals surface area contributed by atoms with Crippen LogP contribution in [-0.4, -0.2) is 34.2 Å². The SMILES string of the molecule is COc1cc(C=C2SC(=O)N(Cc3ccccc3F)C2=O)ccc1OCc1ccc(C(=O)O)o1. The van der Waals surface area contributed by atoms with Crippen LogP contribution in [-0.2, 0) is 17.9 Å². The number of ether oxygens (including phenoxy) is 2. The maximum absolute atomic E-state index is 13.9. The minimum atomic E-state index is -1.17. The Bertz CT molecular complexity index is 1300. The smallest absolute Gasteiger partial charge is 0.371 e. The van der Waals surface area contributed by atoms with Gasteiger partial charge in [-0.15, -0.1) is 0 Å². The molecule has 2 aromatic carbocycles. The van der Waals surface area contributed by atoms with Gasteiger partial charge in [0.25, 0.3) is 11.1 Å². The predicted octanol–water partition coefficient (Wildman–Crippen LogP) is 4.94. The van der Waals surface area contributed by atoms with E-state index in [2.05, 4.69) is 0 Å². The summed E-state index contributed by atoms with van der Waals surface area (Å²) in [5.41, 5.74) is 0.841. The first-order chi connectivity index (χ1) is 16.4. The highest BCUT2D eigenvalue weighted by molar-refractivity contribution is 8.18. The molecule has 4 rings (SSSR count). The molecule has 1 aliphatic rings. The molecule has 10 heteroatoms. The molecule has 1 fully saturated rings. The van der Waals surface area contributed by atoms with Crippen molar-refractivity contribution in [1.82, 2.24) is 4.90 Å². The van der Waals surface area contributed by atoms with Crippen LogP contribution in [0.15, 0.2) is 63.9 Å². The average Bonchev–Trinajstić information content (AvgIpc) is 3.40. The Morgan fingerprint density at radius 2 is 1.94 bits per heavy atom. The lowest BCUT2D eigenvalue weighted by Crippen LogP contribution is -2.27. The van der Waals surface area contributed by atoms with Gasteiger partial charge in [-0.1, -0.05) is 24.3 Å². The molecular formula is C24H18FNO7S. The molecule has 1 saturated heterocycles. The van der Waals surface area contributed by atoms with Crippen molar-refractivity contribution < 1.29 is 37.8 Å². The van der Waals surface area contributed by atoms with Crippen molar-refractivity contribution in [2.75, 3.05) is 7.11 Å². The van der Waals surface area contributed by atoms with E-state index in [0.29, 0.717) is 22.8 Å². The van der Waals surface area contributed by atoms with Gasteiger partial charge in [-0.2, -0.15) is 0 Å². The molecule has 0 spiro atoms. The molecule has 174 valence electrons. The van der Waals surface area contributed by atoms with Crippen molar-refractivity contribution in [1.29, 1.82) is 0 Å². The zero-order chi connectivity index (χ0) is 24.2. The summed E-state index contributed by atoms with van der Waals surface area (Å²) < 4.78 is 30.1. The van der Waals surface area contributed by atoms with Gasteiger partial charge < -0.3 is 19.0 Å². The summed E-state index contributed by atoms with van der Waals surface area (Å²) in [6.07, 6.45) is 1.55. The largest absolute Gasteiger partial charge is 0.493 e. The summed E-state index contributed by atoms with van der Waals surface area (Å²) in [6.45, 7) is -0.168. The van der Waals surface area contributed by atoms with E-state index in [9.17, 15) is 18.8 Å². The number of rotatable bonds is 8. The fraction of sp³-hybridized carbons (Fsp3) is 0.125. The number of methoxy groups -OCH3 is 1. The number of carbonyl (C=O) groups excluding carboxylic acids is 2. The van der Waals surface area contributed by atoms with Gasteiger partial charge in [0, 0.05) is 5.56 Å². The standard InChI is InChI=1S/C24H18FNO7S/c1-31-20-10-14(6-8-18(20)32-13-16-7-9-19(33-16)23(28)29)11-21-22(27)26(24(30)34-21)12-15-4-2-3-5-17(15)25/h2-11H,12-13H2,1H3,(H,28,29). The predicted molar refractivity (Wildman–Crippen MR) is 121 cm³/mol. The number of benzene rings is 2. The highest BCUT2D eigenvalue weighted by Gasteiger charge is 2.35. The summed E-state index contributed by atoms with van der Waals surface area (Å²) in [7, 11) is 1.45. The lowest BCUT2D eigenvalue weighted by Gasteiger charge is -2.13. The molecule has 1 aliphatic heterocycles. The Hall–Kier alpha value is -4.05.